The molecule has 0 atom stereocenters. The second-order valence-electron chi connectivity index (χ2n) is 4.06. The van der Waals surface area contributed by atoms with Crippen molar-refractivity contribution >= 4 is 39.0 Å². The monoisotopic (exact) mass is 336 g/mol. The van der Waals surface area contributed by atoms with E-state index in [1.165, 1.54) is 0 Å². The van der Waals surface area contributed by atoms with Crippen molar-refractivity contribution in [1.29, 1.82) is 0 Å². The molecular formula is C13H10BrClN4. The largest absolute Gasteiger partial charge is 0.364 e. The number of aromatic nitrogens is 3. The fraction of sp³-hybridized carbons (Fsp3) is 0.0769. The molecule has 0 saturated heterocycles. The molecule has 0 aliphatic heterocycles. The van der Waals surface area contributed by atoms with Crippen molar-refractivity contribution in [2.24, 2.45) is 0 Å². The standard InChI is InChI=1S/C13H10BrClN4/c14-9-1-3-12(16-5-9)17-6-11-8-19-7-10(15)2-4-13(19)18-11/h1-5,7-8H,6H2,(H,16,17). The third kappa shape index (κ3) is 2.88. The lowest BCUT2D eigenvalue weighted by atomic mass is 10.4. The second-order valence-corrected chi connectivity index (χ2v) is 5.41. The fourth-order valence-electron chi connectivity index (χ4n) is 1.76. The van der Waals surface area contributed by atoms with Crippen LogP contribution in [0.3, 0.4) is 0 Å². The average Bonchev–Trinajstić information content (AvgIpc) is 2.80. The van der Waals surface area contributed by atoms with Crippen LogP contribution in [0.5, 0.6) is 0 Å². The number of fused-ring (bicyclic) bond motifs is 1. The lowest BCUT2D eigenvalue weighted by Crippen LogP contribution is -2.01. The van der Waals surface area contributed by atoms with Crippen molar-refractivity contribution in [3.05, 3.63) is 58.0 Å². The SMILES string of the molecule is Clc1ccc2nc(CNc3ccc(Br)cn3)cn2c1. The molecule has 3 aromatic heterocycles. The molecule has 0 amide bonds. The minimum atomic E-state index is 0.619. The van der Waals surface area contributed by atoms with Crippen LogP contribution in [0.2, 0.25) is 5.02 Å². The Balaban J connectivity index is 1.76. The zero-order chi connectivity index (χ0) is 13.2. The Bertz CT molecular complexity index is 708. The molecule has 3 heterocycles. The van der Waals surface area contributed by atoms with Gasteiger partial charge in [0.2, 0.25) is 0 Å². The number of rotatable bonds is 3. The maximum atomic E-state index is 5.94. The van der Waals surface area contributed by atoms with Crippen LogP contribution in [0.4, 0.5) is 5.82 Å². The topological polar surface area (TPSA) is 42.2 Å². The van der Waals surface area contributed by atoms with Gasteiger partial charge in [-0.25, -0.2) is 9.97 Å². The van der Waals surface area contributed by atoms with Crippen molar-refractivity contribution in [2.45, 2.75) is 6.54 Å². The zero-order valence-electron chi connectivity index (χ0n) is 9.85. The van der Waals surface area contributed by atoms with E-state index in [0.29, 0.717) is 11.6 Å². The Labute approximate surface area is 123 Å². The van der Waals surface area contributed by atoms with E-state index < -0.39 is 0 Å². The lowest BCUT2D eigenvalue weighted by Gasteiger charge is -2.02. The molecule has 1 N–H and O–H groups in total. The van der Waals surface area contributed by atoms with Crippen LogP contribution < -0.4 is 5.32 Å². The summed E-state index contributed by atoms with van der Waals surface area (Å²) < 4.78 is 2.87. The van der Waals surface area contributed by atoms with Gasteiger partial charge in [0.1, 0.15) is 11.5 Å². The molecule has 0 aliphatic rings. The number of nitrogens with one attached hydrogen (secondary N) is 1. The highest BCUT2D eigenvalue weighted by molar-refractivity contribution is 9.10. The Morgan fingerprint density at radius 1 is 1.21 bits per heavy atom. The van der Waals surface area contributed by atoms with Crippen molar-refractivity contribution in [1.82, 2.24) is 14.4 Å². The fourth-order valence-corrected chi connectivity index (χ4v) is 2.17. The molecule has 4 nitrogen and oxygen atoms in total. The van der Waals surface area contributed by atoms with Crippen LogP contribution in [-0.2, 0) is 6.54 Å². The smallest absolute Gasteiger partial charge is 0.137 e. The van der Waals surface area contributed by atoms with Crippen LogP contribution in [-0.4, -0.2) is 14.4 Å². The summed E-state index contributed by atoms with van der Waals surface area (Å²) in [6, 6.07) is 7.58. The van der Waals surface area contributed by atoms with Crippen molar-refractivity contribution in [3.63, 3.8) is 0 Å². The van der Waals surface area contributed by atoms with E-state index in [0.717, 1.165) is 21.6 Å². The summed E-state index contributed by atoms with van der Waals surface area (Å²) in [7, 11) is 0. The van der Waals surface area contributed by atoms with Gasteiger partial charge in [0.15, 0.2) is 0 Å². The summed E-state index contributed by atoms with van der Waals surface area (Å²) >= 11 is 9.29. The Kier molecular flexibility index (Phi) is 3.40. The number of nitrogens with zero attached hydrogens (tertiary/aromatic N) is 3. The minimum absolute atomic E-state index is 0.619. The van der Waals surface area contributed by atoms with Crippen LogP contribution in [0, 0.1) is 0 Å². The van der Waals surface area contributed by atoms with Gasteiger partial charge >= 0.3 is 0 Å². The summed E-state index contributed by atoms with van der Waals surface area (Å²) in [5.41, 5.74) is 1.82. The van der Waals surface area contributed by atoms with E-state index >= 15 is 0 Å². The van der Waals surface area contributed by atoms with Gasteiger partial charge in [-0.05, 0) is 40.2 Å². The normalized spacial score (nSPS) is 10.8. The van der Waals surface area contributed by atoms with E-state index in [9.17, 15) is 0 Å². The van der Waals surface area contributed by atoms with E-state index in [4.69, 9.17) is 11.6 Å². The minimum Gasteiger partial charge on any atom is -0.364 e. The van der Waals surface area contributed by atoms with Gasteiger partial charge in [-0.1, -0.05) is 11.6 Å². The molecule has 0 aromatic carbocycles. The highest BCUT2D eigenvalue weighted by atomic mass is 79.9. The van der Waals surface area contributed by atoms with Crippen LogP contribution >= 0.6 is 27.5 Å². The summed E-state index contributed by atoms with van der Waals surface area (Å²) in [6.45, 7) is 0.619. The van der Waals surface area contributed by atoms with Crippen molar-refractivity contribution < 1.29 is 0 Å². The van der Waals surface area contributed by atoms with Crippen LogP contribution in [0.15, 0.2) is 47.3 Å². The van der Waals surface area contributed by atoms with Crippen molar-refractivity contribution in [3.8, 4) is 0 Å². The summed E-state index contributed by atoms with van der Waals surface area (Å²) in [6.07, 6.45) is 5.55. The molecular weight excluding hydrogens is 328 g/mol. The molecule has 0 aliphatic carbocycles. The summed E-state index contributed by atoms with van der Waals surface area (Å²) in [5, 5.41) is 3.92. The van der Waals surface area contributed by atoms with E-state index in [2.05, 4.69) is 31.2 Å². The molecule has 96 valence electrons. The van der Waals surface area contributed by atoms with Gasteiger partial charge in [-0.3, -0.25) is 0 Å². The first kappa shape index (κ1) is 12.4. The number of pyridine rings is 2. The lowest BCUT2D eigenvalue weighted by molar-refractivity contribution is 1.06. The van der Waals surface area contributed by atoms with Gasteiger partial charge in [0.05, 0.1) is 17.3 Å². The Morgan fingerprint density at radius 2 is 2.11 bits per heavy atom. The predicted octanol–water partition coefficient (Wildman–Crippen LogP) is 3.76. The Hall–Kier alpha value is -1.59. The van der Waals surface area contributed by atoms with Gasteiger partial charge in [-0.2, -0.15) is 0 Å². The molecule has 0 radical (unpaired) electrons. The van der Waals surface area contributed by atoms with E-state index in [-0.39, 0.29) is 0 Å². The molecule has 3 aromatic rings. The first-order valence-corrected chi connectivity index (χ1v) is 6.86. The zero-order valence-corrected chi connectivity index (χ0v) is 12.2. The molecule has 0 spiro atoms. The number of halogens is 2. The quantitative estimate of drug-likeness (QED) is 0.791. The Morgan fingerprint density at radius 3 is 2.89 bits per heavy atom. The number of imidazole rings is 1. The molecule has 3 rings (SSSR count). The predicted molar refractivity (Wildman–Crippen MR) is 79.5 cm³/mol. The maximum Gasteiger partial charge on any atom is 0.137 e. The third-order valence-electron chi connectivity index (χ3n) is 2.64. The van der Waals surface area contributed by atoms with E-state index in [1.54, 1.807) is 6.20 Å². The summed E-state index contributed by atoms with van der Waals surface area (Å²) in [4.78, 5) is 8.74. The van der Waals surface area contributed by atoms with Gasteiger partial charge in [0.25, 0.3) is 0 Å². The molecule has 0 saturated carbocycles. The molecule has 6 heteroatoms. The molecule has 0 bridgehead atoms. The van der Waals surface area contributed by atoms with Gasteiger partial charge in [0, 0.05) is 23.1 Å². The van der Waals surface area contributed by atoms with Crippen LogP contribution in [0.1, 0.15) is 5.69 Å². The number of hydrogen-bond donors (Lipinski definition) is 1. The molecule has 19 heavy (non-hydrogen) atoms. The maximum absolute atomic E-state index is 5.94. The van der Waals surface area contributed by atoms with Crippen LogP contribution in [0.25, 0.3) is 5.65 Å². The third-order valence-corrected chi connectivity index (χ3v) is 3.34. The van der Waals surface area contributed by atoms with E-state index in [1.807, 2.05) is 41.1 Å². The number of anilines is 1. The molecule has 0 unspecified atom stereocenters. The number of hydrogen-bond acceptors (Lipinski definition) is 3. The summed E-state index contributed by atoms with van der Waals surface area (Å²) in [5.74, 6) is 0.818. The average molecular weight is 338 g/mol. The van der Waals surface area contributed by atoms with Gasteiger partial charge < -0.3 is 9.72 Å². The highest BCUT2D eigenvalue weighted by Crippen LogP contribution is 2.14. The second kappa shape index (κ2) is 5.19. The first-order chi connectivity index (χ1) is 9.20. The molecule has 0 fully saturated rings. The van der Waals surface area contributed by atoms with Gasteiger partial charge in [-0.15, -0.1) is 0 Å². The van der Waals surface area contributed by atoms with Crippen molar-refractivity contribution in [2.75, 3.05) is 5.32 Å². The highest BCUT2D eigenvalue weighted by Gasteiger charge is 2.02. The first-order valence-electron chi connectivity index (χ1n) is 5.69.